The van der Waals surface area contributed by atoms with Crippen molar-refractivity contribution in [3.63, 3.8) is 0 Å². The fourth-order valence-corrected chi connectivity index (χ4v) is 5.02. The fourth-order valence-electron chi connectivity index (χ4n) is 1.75. The molecule has 0 spiro atoms. The van der Waals surface area contributed by atoms with Gasteiger partial charge in [0.1, 0.15) is 0 Å². The maximum Gasteiger partial charge on any atom is 1.00 e. The zero-order valence-corrected chi connectivity index (χ0v) is 23.0. The van der Waals surface area contributed by atoms with Crippen LogP contribution in [0.3, 0.4) is 0 Å². The zero-order valence-electron chi connectivity index (χ0n) is 17.7. The fraction of sp³-hybridized carbons (Fsp3) is 1.00. The largest absolute Gasteiger partial charge is 1.00 e. The smallest absolute Gasteiger partial charge is 1.00 e. The summed E-state index contributed by atoms with van der Waals surface area (Å²) in [5.41, 5.74) is 0. The van der Waals surface area contributed by atoms with Gasteiger partial charge < -0.3 is 21.7 Å². The van der Waals surface area contributed by atoms with Gasteiger partial charge >= 0.3 is 78.1 Å². The monoisotopic (exact) mass is 460 g/mol. The second kappa shape index (κ2) is 16.7. The topological polar surface area (TPSA) is 93.1 Å². The van der Waals surface area contributed by atoms with Crippen LogP contribution in [0.25, 0.3) is 0 Å². The third-order valence-electron chi connectivity index (χ3n) is 3.21. The molecule has 0 amide bonds. The molecule has 0 aliphatic heterocycles. The predicted molar refractivity (Wildman–Crippen MR) is 96.5 cm³/mol. The molecule has 144 valence electrons. The molecule has 12 heteroatoms. The molecule has 0 aliphatic rings. The van der Waals surface area contributed by atoms with E-state index in [2.05, 4.69) is 0 Å². The van der Waals surface area contributed by atoms with Gasteiger partial charge in [-0.25, -0.2) is 0 Å². The van der Waals surface area contributed by atoms with E-state index in [9.17, 15) is 18.9 Å². The van der Waals surface area contributed by atoms with Gasteiger partial charge in [0.25, 0.3) is 0 Å². The third kappa shape index (κ3) is 12.2. The molecule has 0 rings (SSSR count). The van der Waals surface area contributed by atoms with Gasteiger partial charge in [0.2, 0.25) is 0 Å². The van der Waals surface area contributed by atoms with Crippen molar-refractivity contribution < 1.29 is 89.9 Å². The minimum atomic E-state index is -4.73. The number of unbranched alkanes of at least 4 members (excludes halogenated alkanes) is 6. The average molecular weight is 461 g/mol. The molecule has 0 heterocycles. The van der Waals surface area contributed by atoms with Crippen LogP contribution in [-0.4, -0.2) is 26.8 Å². The van der Waals surface area contributed by atoms with Gasteiger partial charge in [0, 0.05) is 0 Å². The van der Waals surface area contributed by atoms with Gasteiger partial charge in [-0.3, -0.25) is 9.13 Å². The Balaban J connectivity index is -0.000000403. The Morgan fingerprint density at radius 1 is 0.800 bits per heavy atom. The van der Waals surface area contributed by atoms with Gasteiger partial charge in [-0.1, -0.05) is 75.6 Å². The van der Waals surface area contributed by atoms with Crippen LogP contribution in [0.5, 0.6) is 0 Å². The summed E-state index contributed by atoms with van der Waals surface area (Å²) in [5.74, 6) is 0. The minimum absolute atomic E-state index is 0. The molecule has 0 saturated heterocycles. The summed E-state index contributed by atoms with van der Waals surface area (Å²) in [7, 11) is -9.47. The summed E-state index contributed by atoms with van der Waals surface area (Å²) in [4.78, 5) is 19.7. The summed E-state index contributed by atoms with van der Waals surface area (Å²) < 4.78 is 30.9. The molecule has 6 nitrogen and oxygen atoms in total. The van der Waals surface area contributed by atoms with E-state index in [4.69, 9.17) is 32.2 Å². The van der Waals surface area contributed by atoms with Crippen LogP contribution in [0.1, 0.15) is 68.1 Å². The number of hydrogen-bond donors (Lipinski definition) is 2. The van der Waals surface area contributed by atoms with E-state index in [1.165, 1.54) is 0 Å². The molecule has 0 aromatic heterocycles. The average Bonchev–Trinajstić information content (AvgIpc) is 2.46. The molecule has 0 aliphatic carbocycles. The zero-order chi connectivity index (χ0) is 18.0. The Labute approximate surface area is 208 Å². The Bertz CT molecular complexity index is 404. The first kappa shape index (κ1) is 32.5. The SMILES string of the molecule is CCCCCCOP(=O)(O)C(Cl)(Cl)P(=O)(O)OCCCCCC.[H-].[H-].[Na+].[Na+]. The summed E-state index contributed by atoms with van der Waals surface area (Å²) >= 11 is 11.4. The molecule has 25 heavy (non-hydrogen) atoms. The van der Waals surface area contributed by atoms with Crippen molar-refractivity contribution in [3.8, 4) is 0 Å². The molecule has 0 aromatic carbocycles. The normalized spacial score (nSPS) is 16.2. The van der Waals surface area contributed by atoms with Gasteiger partial charge in [-0.15, -0.1) is 0 Å². The van der Waals surface area contributed by atoms with E-state index >= 15 is 0 Å². The van der Waals surface area contributed by atoms with Crippen molar-refractivity contribution >= 4 is 38.4 Å². The molecule has 2 N–H and O–H groups in total. The molecule has 0 radical (unpaired) electrons. The van der Waals surface area contributed by atoms with Crippen LogP contribution in [0, 0.1) is 0 Å². The molecular weight excluding hydrogens is 431 g/mol. The predicted octanol–water partition coefficient (Wildman–Crippen LogP) is -0.127. The number of hydrogen-bond acceptors (Lipinski definition) is 4. The van der Waals surface area contributed by atoms with Crippen molar-refractivity contribution in [2.75, 3.05) is 13.2 Å². The Morgan fingerprint density at radius 2 is 1.12 bits per heavy atom. The van der Waals surface area contributed by atoms with E-state index in [1.54, 1.807) is 0 Å². The Morgan fingerprint density at radius 3 is 1.40 bits per heavy atom. The minimum Gasteiger partial charge on any atom is -1.00 e. The second-order valence-corrected chi connectivity index (χ2v) is 12.0. The van der Waals surface area contributed by atoms with Crippen LogP contribution < -0.4 is 59.1 Å². The van der Waals surface area contributed by atoms with Gasteiger partial charge in [-0.2, -0.15) is 0 Å². The quantitative estimate of drug-likeness (QED) is 0.162. The van der Waals surface area contributed by atoms with E-state index in [-0.39, 0.29) is 75.2 Å². The van der Waals surface area contributed by atoms with Crippen LogP contribution in [0.4, 0.5) is 0 Å². The van der Waals surface area contributed by atoms with E-state index in [1.807, 2.05) is 13.8 Å². The number of rotatable bonds is 14. The molecule has 0 aromatic rings. The van der Waals surface area contributed by atoms with E-state index in [0.29, 0.717) is 12.8 Å². The number of alkyl halides is 2. The third-order valence-corrected chi connectivity index (χ3v) is 9.71. The van der Waals surface area contributed by atoms with Crippen molar-refractivity contribution in [2.45, 2.75) is 69.0 Å². The van der Waals surface area contributed by atoms with Gasteiger partial charge in [0.15, 0.2) is 0 Å². The standard InChI is InChI=1S/C13H28Cl2O6P2.2Na.2H/c1-3-5-7-9-11-20-22(16,17)13(14,15)23(18,19)21-12-10-8-6-4-2;;;;/h3-12H2,1-2H3,(H,16,17)(H,18,19);;;;/q;2*+1;2*-1. The van der Waals surface area contributed by atoms with Crippen LogP contribution in [0.2, 0.25) is 0 Å². The summed E-state index contributed by atoms with van der Waals surface area (Å²) in [5, 5.41) is 0. The van der Waals surface area contributed by atoms with Crippen molar-refractivity contribution in [1.29, 1.82) is 0 Å². The van der Waals surface area contributed by atoms with Crippen molar-refractivity contribution in [1.82, 2.24) is 0 Å². The summed E-state index contributed by atoms with van der Waals surface area (Å²) in [6.45, 7) is 3.93. The molecule has 2 unspecified atom stereocenters. The van der Waals surface area contributed by atoms with Crippen LogP contribution in [0.15, 0.2) is 0 Å². The Kier molecular flexibility index (Phi) is 21.7. The Hall–Kier alpha value is 2.88. The molecule has 0 saturated carbocycles. The molecular formula is C13H30Cl2Na2O6P2. The van der Waals surface area contributed by atoms with E-state index in [0.717, 1.165) is 38.5 Å². The van der Waals surface area contributed by atoms with Crippen LogP contribution >= 0.6 is 38.4 Å². The van der Waals surface area contributed by atoms with Crippen molar-refractivity contribution in [2.24, 2.45) is 0 Å². The molecule has 0 fully saturated rings. The van der Waals surface area contributed by atoms with Crippen molar-refractivity contribution in [3.05, 3.63) is 0 Å². The second-order valence-electron chi connectivity index (χ2n) is 5.34. The first-order valence-corrected chi connectivity index (χ1v) is 11.9. The van der Waals surface area contributed by atoms with E-state index < -0.39 is 19.0 Å². The van der Waals surface area contributed by atoms with Crippen LogP contribution in [-0.2, 0) is 18.2 Å². The molecule has 0 bridgehead atoms. The van der Waals surface area contributed by atoms with Gasteiger partial charge in [0.05, 0.1) is 13.2 Å². The maximum atomic E-state index is 12.1. The first-order valence-electron chi connectivity index (χ1n) is 7.95. The molecule has 2 atom stereocenters. The number of halogens is 2. The maximum absolute atomic E-state index is 12.1. The first-order chi connectivity index (χ1) is 10.6. The summed E-state index contributed by atoms with van der Waals surface area (Å²) in [6.07, 6.45) is 6.65. The van der Waals surface area contributed by atoms with Gasteiger partial charge in [-0.05, 0) is 12.8 Å². The summed E-state index contributed by atoms with van der Waals surface area (Å²) in [6, 6.07) is 0.